The highest BCUT2D eigenvalue weighted by atomic mass is 31.2. The van der Waals surface area contributed by atoms with E-state index in [1.54, 1.807) is 57.4 Å². The lowest BCUT2D eigenvalue weighted by Crippen LogP contribution is -2.36. The fourth-order valence-corrected chi connectivity index (χ4v) is 7.52. The molecule has 264 valence electrons. The molecule has 13 nitrogen and oxygen atoms in total. The fourth-order valence-electron chi connectivity index (χ4n) is 5.83. The Balaban J connectivity index is 1.47. The second-order valence-corrected chi connectivity index (χ2v) is 13.5. The third-order valence-corrected chi connectivity index (χ3v) is 10.2. The molecule has 1 aliphatic rings. The van der Waals surface area contributed by atoms with Crippen LogP contribution in [0, 0.1) is 5.92 Å². The zero-order valence-corrected chi connectivity index (χ0v) is 28.3. The Kier molecular flexibility index (Phi) is 10.6. The van der Waals surface area contributed by atoms with E-state index in [1.807, 2.05) is 4.90 Å². The summed E-state index contributed by atoms with van der Waals surface area (Å²) in [6.07, 6.45) is -1.63. The monoisotopic (exact) mass is 706 g/mol. The third-order valence-electron chi connectivity index (χ3n) is 8.18. The van der Waals surface area contributed by atoms with Crippen LogP contribution in [0.15, 0.2) is 42.7 Å². The van der Waals surface area contributed by atoms with E-state index in [1.165, 1.54) is 11.7 Å². The molecule has 0 saturated carbocycles. The number of carboxylic acids is 1. The van der Waals surface area contributed by atoms with Crippen molar-refractivity contribution in [2.45, 2.75) is 39.0 Å². The van der Waals surface area contributed by atoms with Crippen molar-refractivity contribution in [3.63, 3.8) is 0 Å². The number of aliphatic carboxylic acids is 1. The lowest BCUT2D eigenvalue weighted by molar-refractivity contribution is -0.142. The van der Waals surface area contributed by atoms with Crippen LogP contribution in [0.3, 0.4) is 0 Å². The number of hydrogen-bond donors (Lipinski definition) is 4. The van der Waals surface area contributed by atoms with Gasteiger partial charge in [-0.05, 0) is 56.5 Å². The minimum Gasteiger partial charge on any atom is -0.495 e. The van der Waals surface area contributed by atoms with E-state index in [0.29, 0.717) is 48.8 Å². The second-order valence-electron chi connectivity index (χ2n) is 11.4. The molecule has 2 aromatic heterocycles. The van der Waals surface area contributed by atoms with E-state index >= 15 is 0 Å². The van der Waals surface area contributed by atoms with Crippen molar-refractivity contribution >= 4 is 53.2 Å². The van der Waals surface area contributed by atoms with Crippen LogP contribution in [0.2, 0.25) is 0 Å². The number of halogens is 3. The number of anilines is 5. The SMILES string of the molecule is CCOP(=O)(Cc1ccc(Nc2ncc(C(F)(F)F)c(Nc3ccc(N4CCC(C(=O)O)CC4)c4cn(C)c(O)c34)n2)c(OC)c1)OCC. The minimum atomic E-state index is -4.82. The van der Waals surface area contributed by atoms with Crippen molar-refractivity contribution in [2.24, 2.45) is 13.0 Å². The lowest BCUT2D eigenvalue weighted by Gasteiger charge is -2.32. The largest absolute Gasteiger partial charge is 0.495 e. The first-order chi connectivity index (χ1) is 23.3. The predicted octanol–water partition coefficient (Wildman–Crippen LogP) is 7.26. The average molecular weight is 707 g/mol. The molecule has 1 aliphatic heterocycles. The topological polar surface area (TPSA) is 160 Å². The molecule has 0 unspecified atom stereocenters. The van der Waals surface area contributed by atoms with Gasteiger partial charge in [-0.2, -0.15) is 18.2 Å². The number of aromatic nitrogens is 3. The van der Waals surface area contributed by atoms with Gasteiger partial charge in [-0.15, -0.1) is 0 Å². The summed E-state index contributed by atoms with van der Waals surface area (Å²) in [5.74, 6) is -1.92. The summed E-state index contributed by atoms with van der Waals surface area (Å²) in [4.78, 5) is 21.5. The number of alkyl halides is 3. The molecule has 0 aliphatic carbocycles. The van der Waals surface area contributed by atoms with Gasteiger partial charge in [0.25, 0.3) is 0 Å². The average Bonchev–Trinajstić information content (AvgIpc) is 3.35. The van der Waals surface area contributed by atoms with Crippen LogP contribution in [-0.4, -0.2) is 64.1 Å². The number of benzene rings is 2. The Morgan fingerprint density at radius 1 is 1.08 bits per heavy atom. The van der Waals surface area contributed by atoms with Gasteiger partial charge in [-0.1, -0.05) is 6.07 Å². The molecule has 4 N–H and O–H groups in total. The smallest absolute Gasteiger partial charge is 0.421 e. The Morgan fingerprint density at radius 3 is 2.37 bits per heavy atom. The first-order valence-electron chi connectivity index (χ1n) is 15.6. The molecule has 5 rings (SSSR count). The number of ether oxygens (including phenoxy) is 1. The highest BCUT2D eigenvalue weighted by molar-refractivity contribution is 7.53. The number of nitrogens with one attached hydrogen (secondary N) is 2. The summed E-state index contributed by atoms with van der Waals surface area (Å²) < 4.78 is 73.4. The minimum absolute atomic E-state index is 0.0175. The molecule has 49 heavy (non-hydrogen) atoms. The number of piperidine rings is 1. The number of nitrogens with zero attached hydrogens (tertiary/aromatic N) is 4. The summed E-state index contributed by atoms with van der Waals surface area (Å²) in [7, 11) is -0.393. The molecule has 0 bridgehead atoms. The van der Waals surface area contributed by atoms with Gasteiger partial charge in [0.05, 0.1) is 49.2 Å². The van der Waals surface area contributed by atoms with Crippen molar-refractivity contribution in [3.8, 4) is 11.6 Å². The van der Waals surface area contributed by atoms with Crippen LogP contribution in [-0.2, 0) is 37.8 Å². The van der Waals surface area contributed by atoms with E-state index < -0.39 is 37.0 Å². The Bertz CT molecular complexity index is 1870. The summed E-state index contributed by atoms with van der Waals surface area (Å²) in [6, 6.07) is 8.13. The van der Waals surface area contributed by atoms with Crippen molar-refractivity contribution in [2.75, 3.05) is 48.9 Å². The van der Waals surface area contributed by atoms with E-state index in [4.69, 9.17) is 13.8 Å². The van der Waals surface area contributed by atoms with Crippen molar-refractivity contribution < 1.29 is 46.5 Å². The fraction of sp³-hybridized carbons (Fsp3) is 0.406. The molecule has 4 aromatic rings. The maximum absolute atomic E-state index is 14.2. The third kappa shape index (κ3) is 7.87. The molecule has 0 spiro atoms. The molecular weight excluding hydrogens is 668 g/mol. The van der Waals surface area contributed by atoms with Crippen LogP contribution < -0.4 is 20.3 Å². The number of methoxy groups -OCH3 is 1. The molecule has 3 heterocycles. The molecule has 1 fully saturated rings. The van der Waals surface area contributed by atoms with Gasteiger partial charge in [0.1, 0.15) is 17.1 Å². The number of carbonyl (C=O) groups is 1. The summed E-state index contributed by atoms with van der Waals surface area (Å²) in [6.45, 7) is 4.75. The maximum Gasteiger partial charge on any atom is 0.421 e. The summed E-state index contributed by atoms with van der Waals surface area (Å²) >= 11 is 0. The van der Waals surface area contributed by atoms with Crippen LogP contribution in [0.1, 0.15) is 37.8 Å². The number of carboxylic acid groups (broad SMARTS) is 1. The summed E-state index contributed by atoms with van der Waals surface area (Å²) in [5, 5.41) is 26.9. The highest BCUT2D eigenvalue weighted by Gasteiger charge is 2.36. The van der Waals surface area contributed by atoms with E-state index in [0.717, 1.165) is 5.69 Å². The zero-order chi connectivity index (χ0) is 35.5. The van der Waals surface area contributed by atoms with Gasteiger partial charge in [0, 0.05) is 43.6 Å². The van der Waals surface area contributed by atoms with Gasteiger partial charge >= 0.3 is 19.7 Å². The number of aryl methyl sites for hydroxylation is 1. The van der Waals surface area contributed by atoms with E-state index in [-0.39, 0.29) is 48.0 Å². The molecule has 0 amide bonds. The van der Waals surface area contributed by atoms with E-state index in [2.05, 4.69) is 20.6 Å². The van der Waals surface area contributed by atoms with Crippen LogP contribution >= 0.6 is 7.60 Å². The van der Waals surface area contributed by atoms with Crippen LogP contribution in [0.5, 0.6) is 11.6 Å². The molecular formula is C32H38F3N6O7P. The molecule has 2 aromatic carbocycles. The van der Waals surface area contributed by atoms with Crippen molar-refractivity contribution in [3.05, 3.63) is 53.9 Å². The Morgan fingerprint density at radius 2 is 1.76 bits per heavy atom. The normalized spacial score (nSPS) is 14.3. The quantitative estimate of drug-likeness (QED) is 0.103. The molecule has 1 saturated heterocycles. The van der Waals surface area contributed by atoms with Crippen LogP contribution in [0.25, 0.3) is 10.8 Å². The first kappa shape index (κ1) is 35.8. The summed E-state index contributed by atoms with van der Waals surface area (Å²) in [5.41, 5.74) is 0.674. The number of hydrogen-bond acceptors (Lipinski definition) is 11. The molecule has 0 radical (unpaired) electrons. The number of aromatic hydroxyl groups is 1. The van der Waals surface area contributed by atoms with Crippen LogP contribution in [0.4, 0.5) is 42.0 Å². The van der Waals surface area contributed by atoms with E-state index in [9.17, 15) is 32.7 Å². The number of fused-ring (bicyclic) bond motifs is 1. The zero-order valence-electron chi connectivity index (χ0n) is 27.4. The van der Waals surface area contributed by atoms with Gasteiger partial charge in [0.15, 0.2) is 0 Å². The van der Waals surface area contributed by atoms with Gasteiger partial charge in [-0.3, -0.25) is 9.36 Å². The maximum atomic E-state index is 14.2. The first-order valence-corrected chi connectivity index (χ1v) is 17.3. The lowest BCUT2D eigenvalue weighted by atomic mass is 9.96. The predicted molar refractivity (Wildman–Crippen MR) is 178 cm³/mol. The Labute approximate surface area is 280 Å². The second kappa shape index (κ2) is 14.5. The van der Waals surface area contributed by atoms with Gasteiger partial charge < -0.3 is 44.1 Å². The number of rotatable bonds is 13. The molecule has 0 atom stereocenters. The molecule has 17 heteroatoms. The standard InChI is InChI=1S/C32H38F3N6O7P/c1-5-47-49(45,48-6-2)18-19-7-8-23(26(15-19)46-4)38-31-36-16-22(32(33,34)35)28(39-31)37-24-9-10-25(21-17-40(3)29(42)27(21)24)41-13-11-20(12-14-41)30(43)44/h7-10,15-17,20,42H,5-6,11-14,18H2,1-4H3,(H,43,44)(H2,36,37,38,39). The Hall–Kier alpha value is -4.53. The van der Waals surface area contributed by atoms with Gasteiger partial charge in [-0.25, -0.2) is 4.98 Å². The van der Waals surface area contributed by atoms with Crippen molar-refractivity contribution in [1.29, 1.82) is 0 Å². The highest BCUT2D eigenvalue weighted by Crippen LogP contribution is 2.52. The van der Waals surface area contributed by atoms with Gasteiger partial charge in [0.2, 0.25) is 11.8 Å². The van der Waals surface area contributed by atoms with Crippen molar-refractivity contribution in [1.82, 2.24) is 14.5 Å².